The van der Waals surface area contributed by atoms with Crippen LogP contribution in [-0.2, 0) is 9.53 Å². The summed E-state index contributed by atoms with van der Waals surface area (Å²) >= 11 is 0. The Morgan fingerprint density at radius 2 is 1.74 bits per heavy atom. The third-order valence-corrected chi connectivity index (χ3v) is 2.83. The van der Waals surface area contributed by atoms with Crippen LogP contribution >= 0.6 is 0 Å². The lowest BCUT2D eigenvalue weighted by atomic mass is 9.99. The van der Waals surface area contributed by atoms with Crippen LogP contribution in [0, 0.1) is 11.8 Å². The summed E-state index contributed by atoms with van der Waals surface area (Å²) < 4.78 is 5.07. The second-order valence-corrected chi connectivity index (χ2v) is 6.04. The number of hydrogen-bond acceptors (Lipinski definition) is 2. The van der Waals surface area contributed by atoms with E-state index in [1.807, 2.05) is 26.8 Å². The van der Waals surface area contributed by atoms with Crippen molar-refractivity contribution in [2.75, 3.05) is 0 Å². The maximum Gasteiger partial charge on any atom is 0.331 e. The molecule has 0 amide bonds. The van der Waals surface area contributed by atoms with Crippen molar-refractivity contribution < 1.29 is 9.53 Å². The standard InChI is InChI=1S/C17H30O2/c1-13(2)8-7-9-15(5)10-11-16(6)12-17(18)19-14(3)4/h10-15H,7-9H2,1-6H3/b11-10+,16-12+. The molecule has 0 fully saturated rings. The first-order chi connectivity index (χ1) is 8.81. The summed E-state index contributed by atoms with van der Waals surface area (Å²) in [7, 11) is 0. The summed E-state index contributed by atoms with van der Waals surface area (Å²) in [6.07, 6.45) is 9.44. The molecule has 2 heteroatoms. The Morgan fingerprint density at radius 1 is 1.11 bits per heavy atom. The molecule has 0 aliphatic carbocycles. The van der Waals surface area contributed by atoms with E-state index in [0.717, 1.165) is 11.5 Å². The highest BCUT2D eigenvalue weighted by molar-refractivity contribution is 5.83. The van der Waals surface area contributed by atoms with Gasteiger partial charge in [0.15, 0.2) is 0 Å². The zero-order valence-electron chi connectivity index (χ0n) is 13.4. The first-order valence-corrected chi connectivity index (χ1v) is 7.38. The lowest BCUT2D eigenvalue weighted by molar-refractivity contribution is -0.141. The van der Waals surface area contributed by atoms with Gasteiger partial charge in [0, 0.05) is 6.08 Å². The van der Waals surface area contributed by atoms with Gasteiger partial charge in [0.1, 0.15) is 0 Å². The first kappa shape index (κ1) is 17.9. The Bertz CT molecular complexity index is 311. The summed E-state index contributed by atoms with van der Waals surface area (Å²) in [6.45, 7) is 12.4. The molecule has 0 aromatic heterocycles. The Balaban J connectivity index is 4.08. The highest BCUT2D eigenvalue weighted by atomic mass is 16.5. The van der Waals surface area contributed by atoms with Crippen molar-refractivity contribution in [1.82, 2.24) is 0 Å². The van der Waals surface area contributed by atoms with Crippen molar-refractivity contribution in [3.63, 3.8) is 0 Å². The molecule has 0 rings (SSSR count). The van der Waals surface area contributed by atoms with Crippen LogP contribution in [0.25, 0.3) is 0 Å². The zero-order valence-corrected chi connectivity index (χ0v) is 13.4. The predicted octanol–water partition coefficient (Wildman–Crippen LogP) is 4.90. The van der Waals surface area contributed by atoms with E-state index >= 15 is 0 Å². The smallest absolute Gasteiger partial charge is 0.331 e. The monoisotopic (exact) mass is 266 g/mol. The van der Waals surface area contributed by atoms with Gasteiger partial charge in [0.05, 0.1) is 6.10 Å². The molecule has 0 saturated carbocycles. The maximum absolute atomic E-state index is 11.4. The van der Waals surface area contributed by atoms with E-state index in [9.17, 15) is 4.79 Å². The van der Waals surface area contributed by atoms with Crippen molar-refractivity contribution >= 4 is 5.97 Å². The predicted molar refractivity (Wildman–Crippen MR) is 82.0 cm³/mol. The van der Waals surface area contributed by atoms with Crippen molar-refractivity contribution in [2.24, 2.45) is 11.8 Å². The van der Waals surface area contributed by atoms with Gasteiger partial charge in [-0.15, -0.1) is 0 Å². The van der Waals surface area contributed by atoms with E-state index in [4.69, 9.17) is 4.74 Å². The minimum Gasteiger partial charge on any atom is -0.460 e. The Kier molecular flexibility index (Phi) is 9.28. The maximum atomic E-state index is 11.4. The molecular formula is C17H30O2. The molecule has 0 heterocycles. The highest BCUT2D eigenvalue weighted by Gasteiger charge is 2.02. The Hall–Kier alpha value is -1.05. The van der Waals surface area contributed by atoms with Crippen LogP contribution in [0.4, 0.5) is 0 Å². The molecule has 19 heavy (non-hydrogen) atoms. The van der Waals surface area contributed by atoms with Gasteiger partial charge >= 0.3 is 5.97 Å². The summed E-state index contributed by atoms with van der Waals surface area (Å²) in [6, 6.07) is 0. The minimum absolute atomic E-state index is 0.0597. The number of hydrogen-bond donors (Lipinski definition) is 0. The van der Waals surface area contributed by atoms with Crippen LogP contribution in [0.5, 0.6) is 0 Å². The Morgan fingerprint density at radius 3 is 2.26 bits per heavy atom. The second kappa shape index (κ2) is 9.82. The number of carbonyl (C=O) groups is 1. The van der Waals surface area contributed by atoms with E-state index in [1.165, 1.54) is 19.3 Å². The second-order valence-electron chi connectivity index (χ2n) is 6.04. The molecule has 0 aromatic rings. The Labute approximate surface area is 118 Å². The molecule has 0 saturated heterocycles. The van der Waals surface area contributed by atoms with Gasteiger partial charge in [-0.3, -0.25) is 0 Å². The lowest BCUT2D eigenvalue weighted by Crippen LogP contribution is -2.08. The largest absolute Gasteiger partial charge is 0.460 e. The van der Waals surface area contributed by atoms with E-state index in [0.29, 0.717) is 5.92 Å². The van der Waals surface area contributed by atoms with Gasteiger partial charge in [-0.05, 0) is 44.6 Å². The van der Waals surface area contributed by atoms with Crippen LogP contribution in [0.2, 0.25) is 0 Å². The molecule has 0 aromatic carbocycles. The summed E-state index contributed by atoms with van der Waals surface area (Å²) in [5.74, 6) is 1.08. The number of ether oxygens (including phenoxy) is 1. The average molecular weight is 266 g/mol. The molecule has 110 valence electrons. The third-order valence-electron chi connectivity index (χ3n) is 2.83. The van der Waals surface area contributed by atoms with E-state index in [1.54, 1.807) is 6.08 Å². The molecule has 1 atom stereocenters. The molecular weight excluding hydrogens is 236 g/mol. The minimum atomic E-state index is -0.260. The van der Waals surface area contributed by atoms with Gasteiger partial charge < -0.3 is 4.74 Å². The van der Waals surface area contributed by atoms with Crippen molar-refractivity contribution in [1.29, 1.82) is 0 Å². The molecule has 0 bridgehead atoms. The zero-order chi connectivity index (χ0) is 14.8. The fourth-order valence-electron chi connectivity index (χ4n) is 1.76. The normalized spacial score (nSPS) is 14.4. The quantitative estimate of drug-likeness (QED) is 0.355. The van der Waals surface area contributed by atoms with E-state index in [2.05, 4.69) is 26.8 Å². The van der Waals surface area contributed by atoms with Gasteiger partial charge in [-0.1, -0.05) is 45.8 Å². The SMILES string of the molecule is CC(/C=C/C(C)CCCC(C)C)=C\C(=O)OC(C)C. The van der Waals surface area contributed by atoms with Crippen molar-refractivity contribution in [3.05, 3.63) is 23.8 Å². The van der Waals surface area contributed by atoms with Crippen LogP contribution < -0.4 is 0 Å². The summed E-state index contributed by atoms with van der Waals surface area (Å²) in [4.78, 5) is 11.4. The average Bonchev–Trinajstić information content (AvgIpc) is 2.24. The van der Waals surface area contributed by atoms with Crippen LogP contribution in [-0.4, -0.2) is 12.1 Å². The van der Waals surface area contributed by atoms with Gasteiger partial charge in [0.25, 0.3) is 0 Å². The molecule has 0 N–H and O–H groups in total. The van der Waals surface area contributed by atoms with E-state index in [-0.39, 0.29) is 12.1 Å². The topological polar surface area (TPSA) is 26.3 Å². The lowest BCUT2D eigenvalue weighted by Gasteiger charge is -2.08. The molecule has 0 aliphatic heterocycles. The van der Waals surface area contributed by atoms with Crippen LogP contribution in [0.1, 0.15) is 60.8 Å². The molecule has 2 nitrogen and oxygen atoms in total. The van der Waals surface area contributed by atoms with Crippen LogP contribution in [0.15, 0.2) is 23.8 Å². The van der Waals surface area contributed by atoms with Gasteiger partial charge in [-0.2, -0.15) is 0 Å². The first-order valence-electron chi connectivity index (χ1n) is 7.38. The molecule has 0 aliphatic rings. The summed E-state index contributed by atoms with van der Waals surface area (Å²) in [5, 5.41) is 0. The summed E-state index contributed by atoms with van der Waals surface area (Å²) in [5.41, 5.74) is 0.946. The number of allylic oxidation sites excluding steroid dienone is 3. The number of esters is 1. The van der Waals surface area contributed by atoms with Crippen molar-refractivity contribution in [2.45, 2.75) is 66.9 Å². The molecule has 1 unspecified atom stereocenters. The molecule has 0 radical (unpaired) electrons. The van der Waals surface area contributed by atoms with Crippen molar-refractivity contribution in [3.8, 4) is 0 Å². The third kappa shape index (κ3) is 11.8. The highest BCUT2D eigenvalue weighted by Crippen LogP contribution is 2.14. The van der Waals surface area contributed by atoms with Gasteiger partial charge in [-0.25, -0.2) is 4.79 Å². The number of carbonyl (C=O) groups excluding carboxylic acids is 1. The van der Waals surface area contributed by atoms with Gasteiger partial charge in [0.2, 0.25) is 0 Å². The van der Waals surface area contributed by atoms with Crippen LogP contribution in [0.3, 0.4) is 0 Å². The molecule has 0 spiro atoms. The number of rotatable bonds is 8. The fraction of sp³-hybridized carbons (Fsp3) is 0.706. The van der Waals surface area contributed by atoms with E-state index < -0.39 is 0 Å². The fourth-order valence-corrected chi connectivity index (χ4v) is 1.76.